The van der Waals surface area contributed by atoms with Gasteiger partial charge in [-0.15, -0.1) is 0 Å². The summed E-state index contributed by atoms with van der Waals surface area (Å²) in [6.45, 7) is 6.58. The van der Waals surface area contributed by atoms with E-state index in [2.05, 4.69) is 19.2 Å². The molecule has 0 saturated heterocycles. The third-order valence-corrected chi connectivity index (χ3v) is 5.02. The van der Waals surface area contributed by atoms with E-state index in [-0.39, 0.29) is 18.6 Å². The Morgan fingerprint density at radius 1 is 1.23 bits per heavy atom. The summed E-state index contributed by atoms with van der Waals surface area (Å²) in [5.74, 6) is 0.962. The van der Waals surface area contributed by atoms with Crippen LogP contribution in [0.2, 0.25) is 0 Å². The van der Waals surface area contributed by atoms with Crippen LogP contribution in [0.5, 0.6) is 5.75 Å². The van der Waals surface area contributed by atoms with Crippen molar-refractivity contribution in [2.75, 3.05) is 13.2 Å². The first-order chi connectivity index (χ1) is 12.5. The van der Waals surface area contributed by atoms with Crippen LogP contribution in [0.25, 0.3) is 6.08 Å². The molecular weight excluding hydrogens is 330 g/mol. The zero-order valence-corrected chi connectivity index (χ0v) is 15.9. The molecule has 3 atom stereocenters. The molecule has 0 aromatic heterocycles. The summed E-state index contributed by atoms with van der Waals surface area (Å²) in [7, 11) is 0. The smallest absolute Gasteiger partial charge is 0.331 e. The Bertz CT molecular complexity index is 641. The molecule has 1 aliphatic rings. The van der Waals surface area contributed by atoms with Crippen LogP contribution in [0, 0.1) is 11.8 Å². The molecule has 5 nitrogen and oxygen atoms in total. The van der Waals surface area contributed by atoms with Gasteiger partial charge >= 0.3 is 5.97 Å². The third kappa shape index (κ3) is 5.90. The molecule has 0 aliphatic heterocycles. The molecule has 0 bridgehead atoms. The fraction of sp³-hybridized carbons (Fsp3) is 0.524. The summed E-state index contributed by atoms with van der Waals surface area (Å²) in [5.41, 5.74) is 0.792. The lowest BCUT2D eigenvalue weighted by Crippen LogP contribution is -2.45. The van der Waals surface area contributed by atoms with Crippen molar-refractivity contribution in [2.45, 2.75) is 46.1 Å². The third-order valence-electron chi connectivity index (χ3n) is 5.02. The second-order valence-corrected chi connectivity index (χ2v) is 6.85. The summed E-state index contributed by atoms with van der Waals surface area (Å²) in [4.78, 5) is 23.9. The summed E-state index contributed by atoms with van der Waals surface area (Å²) in [6.07, 6.45) is 6.26. The van der Waals surface area contributed by atoms with E-state index in [1.807, 2.05) is 31.2 Å². The van der Waals surface area contributed by atoms with Crippen molar-refractivity contribution < 1.29 is 19.1 Å². The van der Waals surface area contributed by atoms with Gasteiger partial charge in [0.1, 0.15) is 5.75 Å². The van der Waals surface area contributed by atoms with Crippen LogP contribution in [-0.4, -0.2) is 31.1 Å². The Balaban J connectivity index is 1.80. The molecule has 0 unspecified atom stereocenters. The Morgan fingerprint density at radius 2 is 2.00 bits per heavy atom. The normalized spacial score (nSPS) is 22.8. The highest BCUT2D eigenvalue weighted by molar-refractivity contribution is 5.89. The molecular formula is C21H29NO4. The number of esters is 1. The number of carbonyl (C=O) groups is 2. The lowest BCUT2D eigenvalue weighted by molar-refractivity contribution is -0.144. The van der Waals surface area contributed by atoms with Gasteiger partial charge < -0.3 is 14.8 Å². The number of hydrogen-bond acceptors (Lipinski definition) is 4. The Hall–Kier alpha value is -2.30. The van der Waals surface area contributed by atoms with Crippen molar-refractivity contribution in [1.29, 1.82) is 0 Å². The minimum Gasteiger partial charge on any atom is -0.493 e. The molecule has 5 heteroatoms. The number of hydrogen-bond donors (Lipinski definition) is 1. The summed E-state index contributed by atoms with van der Waals surface area (Å²) >= 11 is 0. The van der Waals surface area contributed by atoms with Crippen LogP contribution in [0.4, 0.5) is 0 Å². The molecule has 1 fully saturated rings. The van der Waals surface area contributed by atoms with E-state index >= 15 is 0 Å². The first kappa shape index (κ1) is 20.0. The monoisotopic (exact) mass is 359 g/mol. The van der Waals surface area contributed by atoms with Gasteiger partial charge in [0.25, 0.3) is 5.91 Å². The van der Waals surface area contributed by atoms with Gasteiger partial charge in [-0.3, -0.25) is 4.79 Å². The predicted molar refractivity (Wildman–Crippen MR) is 102 cm³/mol. The van der Waals surface area contributed by atoms with Crippen LogP contribution in [0.15, 0.2) is 30.3 Å². The van der Waals surface area contributed by atoms with Crippen LogP contribution >= 0.6 is 0 Å². The van der Waals surface area contributed by atoms with E-state index in [1.54, 1.807) is 6.08 Å². The molecule has 1 aromatic carbocycles. The highest BCUT2D eigenvalue weighted by Gasteiger charge is 2.28. The van der Waals surface area contributed by atoms with Crippen LogP contribution in [0.3, 0.4) is 0 Å². The Morgan fingerprint density at radius 3 is 2.77 bits per heavy atom. The maximum absolute atomic E-state index is 12.0. The lowest BCUT2D eigenvalue weighted by Gasteiger charge is -2.34. The van der Waals surface area contributed by atoms with E-state index in [0.717, 1.165) is 18.4 Å². The van der Waals surface area contributed by atoms with Crippen LogP contribution < -0.4 is 10.1 Å². The minimum absolute atomic E-state index is 0.165. The topological polar surface area (TPSA) is 64.6 Å². The van der Waals surface area contributed by atoms with Gasteiger partial charge in [-0.2, -0.15) is 0 Å². The van der Waals surface area contributed by atoms with Crippen molar-refractivity contribution in [1.82, 2.24) is 5.32 Å². The predicted octanol–water partition coefficient (Wildman–Crippen LogP) is 3.58. The van der Waals surface area contributed by atoms with Gasteiger partial charge in [0.2, 0.25) is 0 Å². The first-order valence-electron chi connectivity index (χ1n) is 9.37. The number of para-hydroxylation sites is 1. The van der Waals surface area contributed by atoms with E-state index in [0.29, 0.717) is 24.2 Å². The van der Waals surface area contributed by atoms with Gasteiger partial charge in [-0.05, 0) is 37.3 Å². The fourth-order valence-electron chi connectivity index (χ4n) is 3.28. The molecule has 1 amide bonds. The van der Waals surface area contributed by atoms with Crippen molar-refractivity contribution in [3.63, 3.8) is 0 Å². The zero-order chi connectivity index (χ0) is 18.9. The molecule has 1 N–H and O–H groups in total. The average molecular weight is 359 g/mol. The zero-order valence-electron chi connectivity index (χ0n) is 15.9. The maximum atomic E-state index is 12.0. The van der Waals surface area contributed by atoms with Crippen molar-refractivity contribution in [2.24, 2.45) is 11.8 Å². The number of rotatable bonds is 7. The second kappa shape index (κ2) is 10.00. The van der Waals surface area contributed by atoms with Gasteiger partial charge in [0.05, 0.1) is 6.61 Å². The Labute approximate surface area is 155 Å². The second-order valence-electron chi connectivity index (χ2n) is 6.85. The average Bonchev–Trinajstić information content (AvgIpc) is 2.63. The molecule has 0 spiro atoms. The molecule has 0 radical (unpaired) electrons. The Kier molecular flexibility index (Phi) is 7.70. The van der Waals surface area contributed by atoms with Gasteiger partial charge in [-0.25, -0.2) is 4.79 Å². The molecule has 1 saturated carbocycles. The molecule has 2 rings (SSSR count). The summed E-state index contributed by atoms with van der Waals surface area (Å²) in [6, 6.07) is 7.60. The number of amides is 1. The SMILES string of the molecule is CCOc1ccccc1/C=C/C(=O)OCC(=O)N[C@H]1CCC[C@@H](C)[C@@H]1C. The maximum Gasteiger partial charge on any atom is 0.331 e. The molecule has 26 heavy (non-hydrogen) atoms. The fourth-order valence-corrected chi connectivity index (χ4v) is 3.28. The largest absolute Gasteiger partial charge is 0.493 e. The lowest BCUT2D eigenvalue weighted by atomic mass is 9.78. The van der Waals surface area contributed by atoms with Crippen molar-refractivity contribution in [3.05, 3.63) is 35.9 Å². The van der Waals surface area contributed by atoms with Crippen LogP contribution in [0.1, 0.15) is 45.6 Å². The van der Waals surface area contributed by atoms with E-state index < -0.39 is 5.97 Å². The van der Waals surface area contributed by atoms with Gasteiger partial charge in [0.15, 0.2) is 6.61 Å². The minimum atomic E-state index is -0.545. The van der Waals surface area contributed by atoms with E-state index in [1.165, 1.54) is 12.5 Å². The summed E-state index contributed by atoms with van der Waals surface area (Å²) in [5, 5.41) is 2.99. The number of carbonyl (C=O) groups excluding carboxylic acids is 2. The van der Waals surface area contributed by atoms with Crippen molar-refractivity contribution in [3.8, 4) is 5.75 Å². The number of nitrogens with one attached hydrogen (secondary N) is 1. The van der Waals surface area contributed by atoms with Crippen LogP contribution in [-0.2, 0) is 14.3 Å². The van der Waals surface area contributed by atoms with Crippen molar-refractivity contribution >= 4 is 18.0 Å². The first-order valence-corrected chi connectivity index (χ1v) is 9.37. The standard InChI is InChI=1S/C21H29NO4/c1-4-25-19-11-6-5-9-17(19)12-13-21(24)26-14-20(23)22-18-10-7-8-15(2)16(18)3/h5-6,9,11-13,15-16,18H,4,7-8,10,14H2,1-3H3,(H,22,23)/b13-12+/t15-,16+,18+/m1/s1. The molecule has 1 aromatic rings. The molecule has 1 aliphatic carbocycles. The molecule has 0 heterocycles. The highest BCUT2D eigenvalue weighted by Crippen LogP contribution is 2.29. The number of ether oxygens (including phenoxy) is 2. The van der Waals surface area contributed by atoms with Gasteiger partial charge in [0, 0.05) is 17.7 Å². The quantitative estimate of drug-likeness (QED) is 0.597. The van der Waals surface area contributed by atoms with E-state index in [9.17, 15) is 9.59 Å². The highest BCUT2D eigenvalue weighted by atomic mass is 16.5. The number of benzene rings is 1. The van der Waals surface area contributed by atoms with Gasteiger partial charge in [-0.1, -0.05) is 44.9 Å². The molecule has 142 valence electrons. The van der Waals surface area contributed by atoms with E-state index in [4.69, 9.17) is 9.47 Å². The summed E-state index contributed by atoms with van der Waals surface area (Å²) < 4.78 is 10.6.